The van der Waals surface area contributed by atoms with Crippen molar-refractivity contribution < 1.29 is 9.90 Å². The summed E-state index contributed by atoms with van der Waals surface area (Å²) in [4.78, 5) is 11.2. The van der Waals surface area contributed by atoms with E-state index in [2.05, 4.69) is 73.0 Å². The van der Waals surface area contributed by atoms with Crippen molar-refractivity contribution in [3.63, 3.8) is 0 Å². The topological polar surface area (TPSA) is 55.1 Å². The maximum absolute atomic E-state index is 11.2. The zero-order valence-electron chi connectivity index (χ0n) is 19.7. The maximum Gasteiger partial charge on any atom is 0.335 e. The summed E-state index contributed by atoms with van der Waals surface area (Å²) in [5.41, 5.74) is 6.89. The van der Waals surface area contributed by atoms with Gasteiger partial charge in [0, 0.05) is 6.20 Å². The van der Waals surface area contributed by atoms with E-state index in [0.29, 0.717) is 12.1 Å². The van der Waals surface area contributed by atoms with E-state index in [0.717, 1.165) is 16.5 Å². The van der Waals surface area contributed by atoms with Gasteiger partial charge in [-0.3, -0.25) is 4.68 Å². The number of carboxylic acids is 1. The van der Waals surface area contributed by atoms with E-state index in [4.69, 9.17) is 5.11 Å². The van der Waals surface area contributed by atoms with E-state index in [1.165, 1.54) is 35.1 Å². The summed E-state index contributed by atoms with van der Waals surface area (Å²) in [6.45, 7) is 10.1. The Labute approximate surface area is 204 Å². The van der Waals surface area contributed by atoms with Crippen molar-refractivity contribution in [3.05, 3.63) is 86.6 Å². The van der Waals surface area contributed by atoms with Gasteiger partial charge >= 0.3 is 5.97 Å². The molecule has 5 heteroatoms. The molecule has 0 aliphatic heterocycles. The van der Waals surface area contributed by atoms with Crippen LogP contribution >= 0.6 is 15.9 Å². The Kier molecular flexibility index (Phi) is 6.37. The number of fused-ring (bicyclic) bond motifs is 1. The minimum absolute atomic E-state index is 0.128. The van der Waals surface area contributed by atoms with Crippen LogP contribution in [-0.2, 0) is 17.4 Å². The molecule has 1 aromatic heterocycles. The molecule has 1 atom stereocenters. The number of aromatic carboxylic acids is 1. The molecule has 1 N–H and O–H groups in total. The molecule has 0 radical (unpaired) electrons. The highest BCUT2D eigenvalue weighted by Crippen LogP contribution is 2.48. The van der Waals surface area contributed by atoms with E-state index < -0.39 is 5.97 Å². The fraction of sp³-hybridized carbons (Fsp3) is 0.357. The van der Waals surface area contributed by atoms with Crippen LogP contribution in [0.4, 0.5) is 0 Å². The Morgan fingerprint density at radius 3 is 2.45 bits per heavy atom. The zero-order chi connectivity index (χ0) is 23.8. The van der Waals surface area contributed by atoms with Crippen molar-refractivity contribution in [2.24, 2.45) is 0 Å². The highest BCUT2D eigenvalue weighted by molar-refractivity contribution is 9.10. The average molecular weight is 507 g/mol. The summed E-state index contributed by atoms with van der Waals surface area (Å²) in [7, 11) is 0. The molecule has 1 aliphatic rings. The molecular formula is C28H31BrN2O2. The summed E-state index contributed by atoms with van der Waals surface area (Å²) in [6, 6.07) is 11.8. The van der Waals surface area contributed by atoms with Crippen LogP contribution in [0.25, 0.3) is 12.2 Å². The van der Waals surface area contributed by atoms with Gasteiger partial charge in [-0.05, 0) is 86.0 Å². The highest BCUT2D eigenvalue weighted by Gasteiger charge is 2.39. The molecule has 0 fully saturated rings. The third kappa shape index (κ3) is 4.84. The molecule has 0 bridgehead atoms. The highest BCUT2D eigenvalue weighted by atomic mass is 79.9. The number of carbonyl (C=O) groups is 1. The lowest BCUT2D eigenvalue weighted by Gasteiger charge is -2.44. The third-order valence-electron chi connectivity index (χ3n) is 7.29. The van der Waals surface area contributed by atoms with Crippen molar-refractivity contribution in [1.82, 2.24) is 9.78 Å². The maximum atomic E-state index is 11.2. The van der Waals surface area contributed by atoms with Crippen molar-refractivity contribution in [1.29, 1.82) is 0 Å². The number of hydrogen-bond acceptors (Lipinski definition) is 2. The second-order valence-corrected chi connectivity index (χ2v) is 10.9. The fourth-order valence-corrected chi connectivity index (χ4v) is 5.09. The fourth-order valence-electron chi connectivity index (χ4n) is 4.76. The standard InChI is InChI=1S/C28H31BrN2O2/c1-5-28(4)13-12-27(2,3)24-14-21(11-8-19-6-9-20(10-7-19)26(32)33)22(15-25(24)28)17-31-18-23(29)16-30-31/h6-11,14-16,18H,5,12-13,17H2,1-4H3,(H,32,33)/b11-8+. The molecule has 33 heavy (non-hydrogen) atoms. The first kappa shape index (κ1) is 23.5. The van der Waals surface area contributed by atoms with Crippen LogP contribution in [0.1, 0.15) is 85.1 Å². The number of rotatable bonds is 6. The van der Waals surface area contributed by atoms with Crippen molar-refractivity contribution in [3.8, 4) is 0 Å². The molecule has 0 spiro atoms. The predicted octanol–water partition coefficient (Wildman–Crippen LogP) is 7.30. The minimum Gasteiger partial charge on any atom is -0.478 e. The summed E-state index contributed by atoms with van der Waals surface area (Å²) < 4.78 is 2.93. The van der Waals surface area contributed by atoms with Gasteiger partial charge in [0.2, 0.25) is 0 Å². The van der Waals surface area contributed by atoms with E-state index in [-0.39, 0.29) is 10.8 Å². The zero-order valence-corrected chi connectivity index (χ0v) is 21.3. The van der Waals surface area contributed by atoms with E-state index in [1.54, 1.807) is 12.1 Å². The summed E-state index contributed by atoms with van der Waals surface area (Å²) in [5.74, 6) is -0.908. The molecule has 3 aromatic rings. The number of nitrogens with zero attached hydrogens (tertiary/aromatic N) is 2. The van der Waals surface area contributed by atoms with Crippen LogP contribution in [0.5, 0.6) is 0 Å². The third-order valence-corrected chi connectivity index (χ3v) is 7.70. The van der Waals surface area contributed by atoms with Crippen LogP contribution < -0.4 is 0 Å². The minimum atomic E-state index is -0.908. The van der Waals surface area contributed by atoms with Crippen LogP contribution in [0.3, 0.4) is 0 Å². The molecule has 172 valence electrons. The predicted molar refractivity (Wildman–Crippen MR) is 138 cm³/mol. The lowest BCUT2D eigenvalue weighted by molar-refractivity contribution is 0.0697. The normalized spacial score (nSPS) is 19.5. The van der Waals surface area contributed by atoms with Crippen LogP contribution in [0, 0.1) is 0 Å². The molecule has 0 saturated carbocycles. The molecule has 0 amide bonds. The summed E-state index contributed by atoms with van der Waals surface area (Å²) in [5, 5.41) is 13.6. The molecule has 4 nitrogen and oxygen atoms in total. The van der Waals surface area contributed by atoms with Gasteiger partial charge in [-0.15, -0.1) is 0 Å². The first-order valence-electron chi connectivity index (χ1n) is 11.5. The quantitative estimate of drug-likeness (QED) is 0.356. The number of halogens is 1. The van der Waals surface area contributed by atoms with Crippen LogP contribution in [-0.4, -0.2) is 20.9 Å². The first-order valence-corrected chi connectivity index (χ1v) is 12.3. The van der Waals surface area contributed by atoms with E-state index in [9.17, 15) is 4.79 Å². The van der Waals surface area contributed by atoms with Crippen LogP contribution in [0.2, 0.25) is 0 Å². The van der Waals surface area contributed by atoms with Gasteiger partial charge in [-0.25, -0.2) is 4.79 Å². The Morgan fingerprint density at radius 2 is 1.85 bits per heavy atom. The Hall–Kier alpha value is -2.66. The smallest absolute Gasteiger partial charge is 0.335 e. The van der Waals surface area contributed by atoms with E-state index in [1.807, 2.05) is 29.2 Å². The number of benzene rings is 2. The Balaban J connectivity index is 1.80. The van der Waals surface area contributed by atoms with Crippen LogP contribution in [0.15, 0.2) is 53.3 Å². The molecule has 1 heterocycles. The van der Waals surface area contributed by atoms with Gasteiger partial charge in [-0.1, -0.05) is 64.1 Å². The molecular weight excluding hydrogens is 476 g/mol. The lowest BCUT2D eigenvalue weighted by atomic mass is 9.61. The van der Waals surface area contributed by atoms with Gasteiger partial charge in [0.15, 0.2) is 0 Å². The van der Waals surface area contributed by atoms with Gasteiger partial charge in [-0.2, -0.15) is 5.10 Å². The molecule has 4 rings (SSSR count). The summed E-state index contributed by atoms with van der Waals surface area (Å²) >= 11 is 3.51. The largest absolute Gasteiger partial charge is 0.478 e. The van der Waals surface area contributed by atoms with E-state index >= 15 is 0 Å². The monoisotopic (exact) mass is 506 g/mol. The van der Waals surface area contributed by atoms with Gasteiger partial charge in [0.05, 0.1) is 22.8 Å². The lowest BCUT2D eigenvalue weighted by Crippen LogP contribution is -2.35. The Morgan fingerprint density at radius 1 is 1.12 bits per heavy atom. The Bertz CT molecular complexity index is 1210. The summed E-state index contributed by atoms with van der Waals surface area (Å²) in [6.07, 6.45) is 11.5. The SMILES string of the molecule is CCC1(C)CCC(C)(C)c2cc(/C=C/c3ccc(C(=O)O)cc3)c(Cn3cc(Br)cn3)cc21. The van der Waals surface area contributed by atoms with Gasteiger partial charge < -0.3 is 5.11 Å². The van der Waals surface area contributed by atoms with Crippen molar-refractivity contribution in [2.75, 3.05) is 0 Å². The molecule has 1 aliphatic carbocycles. The molecule has 2 aromatic carbocycles. The first-order chi connectivity index (χ1) is 15.6. The van der Waals surface area contributed by atoms with Gasteiger partial charge in [0.25, 0.3) is 0 Å². The molecule has 0 saturated heterocycles. The average Bonchev–Trinajstić information content (AvgIpc) is 3.20. The number of aromatic nitrogens is 2. The number of carboxylic acid groups (broad SMARTS) is 1. The second kappa shape index (κ2) is 8.94. The second-order valence-electron chi connectivity index (χ2n) is 10.0. The molecule has 1 unspecified atom stereocenters. The van der Waals surface area contributed by atoms with Crippen molar-refractivity contribution >= 4 is 34.1 Å². The number of hydrogen-bond donors (Lipinski definition) is 1. The van der Waals surface area contributed by atoms with Crippen molar-refractivity contribution in [2.45, 2.75) is 64.3 Å². The van der Waals surface area contributed by atoms with Gasteiger partial charge in [0.1, 0.15) is 0 Å².